The van der Waals surface area contributed by atoms with Crippen molar-refractivity contribution in [2.45, 2.75) is 38.7 Å². The van der Waals surface area contributed by atoms with Crippen molar-refractivity contribution in [3.05, 3.63) is 69.7 Å². The Kier molecular flexibility index (Phi) is 8.51. The molecule has 0 unspecified atom stereocenters. The van der Waals surface area contributed by atoms with Gasteiger partial charge < -0.3 is 4.74 Å². The van der Waals surface area contributed by atoms with Crippen LogP contribution >= 0.6 is 56.9 Å². The molecule has 0 N–H and O–H groups in total. The van der Waals surface area contributed by atoms with Crippen LogP contribution in [0.25, 0.3) is 6.08 Å². The van der Waals surface area contributed by atoms with Gasteiger partial charge in [0.25, 0.3) is 16.8 Å². The molecule has 0 bridgehead atoms. The van der Waals surface area contributed by atoms with E-state index in [1.165, 1.54) is 36.3 Å². The van der Waals surface area contributed by atoms with E-state index in [9.17, 15) is 19.7 Å². The van der Waals surface area contributed by atoms with Gasteiger partial charge in [0.2, 0.25) is 0 Å². The molecule has 1 saturated carbocycles. The van der Waals surface area contributed by atoms with Gasteiger partial charge >= 0.3 is 0 Å². The Morgan fingerprint density at radius 1 is 1.12 bits per heavy atom. The number of nitro benzene ring substituents is 1. The third-order valence-corrected chi connectivity index (χ3v) is 8.37. The van der Waals surface area contributed by atoms with E-state index in [-0.39, 0.29) is 23.4 Å². The Hall–Kier alpha value is -1.67. The van der Waals surface area contributed by atoms with E-state index in [1.54, 1.807) is 18.2 Å². The molecule has 178 valence electrons. The third-order valence-electron chi connectivity index (χ3n) is 5.86. The fraction of sp³-hybridized carbons (Fsp3) is 0.333. The highest BCUT2D eigenvalue weighted by Crippen LogP contribution is 2.36. The van der Waals surface area contributed by atoms with Gasteiger partial charge in [0.1, 0.15) is 12.4 Å². The third kappa shape index (κ3) is 6.11. The van der Waals surface area contributed by atoms with Crippen molar-refractivity contribution in [1.29, 1.82) is 0 Å². The van der Waals surface area contributed by atoms with Crippen LogP contribution in [0.2, 0.25) is 0 Å². The predicted molar refractivity (Wildman–Crippen MR) is 149 cm³/mol. The summed E-state index contributed by atoms with van der Waals surface area (Å²) in [5, 5.41) is 10.8. The molecule has 0 radical (unpaired) electrons. The van der Waals surface area contributed by atoms with Crippen molar-refractivity contribution >= 4 is 79.9 Å². The number of hydrogen-bond acceptors (Lipinski definition) is 6. The largest absolute Gasteiger partial charge is 0.487 e. The number of thioether (sulfide) groups is 1. The van der Waals surface area contributed by atoms with Gasteiger partial charge in [-0.1, -0.05) is 31.4 Å². The summed E-state index contributed by atoms with van der Waals surface area (Å²) in [6.07, 6.45) is 7.50. The average molecular weight is 704 g/mol. The van der Waals surface area contributed by atoms with Gasteiger partial charge in [-0.3, -0.25) is 24.6 Å². The van der Waals surface area contributed by atoms with Crippen LogP contribution in [-0.2, 0) is 11.4 Å². The number of imide groups is 1. The molecule has 2 amide bonds. The van der Waals surface area contributed by atoms with Crippen LogP contribution in [-0.4, -0.2) is 27.5 Å². The second-order valence-corrected chi connectivity index (χ2v) is 11.6. The first-order chi connectivity index (χ1) is 16.3. The number of non-ortho nitro benzene ring substituents is 1. The van der Waals surface area contributed by atoms with Gasteiger partial charge in [0.15, 0.2) is 0 Å². The molecule has 2 aromatic carbocycles. The van der Waals surface area contributed by atoms with Crippen LogP contribution in [0.15, 0.2) is 41.3 Å². The minimum atomic E-state index is -0.428. The lowest BCUT2D eigenvalue weighted by Gasteiger charge is -2.25. The number of nitro groups is 1. The lowest BCUT2D eigenvalue weighted by molar-refractivity contribution is -0.384. The molecule has 1 aliphatic carbocycles. The molecule has 2 aliphatic rings. The van der Waals surface area contributed by atoms with E-state index in [4.69, 9.17) is 4.74 Å². The first-order valence-electron chi connectivity index (χ1n) is 10.9. The molecular weight excluding hydrogens is 682 g/mol. The Labute approximate surface area is 229 Å². The number of nitrogens with zero attached hydrogens (tertiary/aromatic N) is 2. The summed E-state index contributed by atoms with van der Waals surface area (Å²) in [7, 11) is 0. The molecule has 2 fully saturated rings. The van der Waals surface area contributed by atoms with E-state index in [0.717, 1.165) is 37.3 Å². The second kappa shape index (κ2) is 11.4. The SMILES string of the molecule is O=C1S/C(=C/c2cc(I)c(OCc3cccc([N+](=O)[O-])c3)c(I)c2)C(=O)N1CC1CCCCC1. The fourth-order valence-electron chi connectivity index (χ4n) is 4.15. The summed E-state index contributed by atoms with van der Waals surface area (Å²) in [5.41, 5.74) is 1.55. The number of carbonyl (C=O) groups excluding carboxylic acids is 2. The van der Waals surface area contributed by atoms with Crippen molar-refractivity contribution in [2.24, 2.45) is 5.92 Å². The minimum Gasteiger partial charge on any atom is -0.487 e. The number of ether oxygens (including phenoxy) is 1. The zero-order valence-electron chi connectivity index (χ0n) is 18.2. The normalized spacial score (nSPS) is 18.1. The molecule has 34 heavy (non-hydrogen) atoms. The van der Waals surface area contributed by atoms with Crippen LogP contribution in [0.4, 0.5) is 10.5 Å². The van der Waals surface area contributed by atoms with Crippen molar-refractivity contribution in [2.75, 3.05) is 6.54 Å². The molecule has 0 atom stereocenters. The molecule has 0 spiro atoms. The fourth-order valence-corrected chi connectivity index (χ4v) is 7.13. The van der Waals surface area contributed by atoms with Crippen LogP contribution in [0, 0.1) is 23.2 Å². The highest BCUT2D eigenvalue weighted by atomic mass is 127. The number of halogens is 2. The van der Waals surface area contributed by atoms with E-state index in [1.807, 2.05) is 12.1 Å². The van der Waals surface area contributed by atoms with Crippen molar-refractivity contribution < 1.29 is 19.2 Å². The molecule has 2 aromatic rings. The van der Waals surface area contributed by atoms with E-state index in [2.05, 4.69) is 45.2 Å². The summed E-state index contributed by atoms with van der Waals surface area (Å²) in [4.78, 5) is 37.8. The van der Waals surface area contributed by atoms with Crippen molar-refractivity contribution in [1.82, 2.24) is 4.90 Å². The molecule has 1 heterocycles. The average Bonchev–Trinajstić information content (AvgIpc) is 3.06. The topological polar surface area (TPSA) is 89.7 Å². The summed E-state index contributed by atoms with van der Waals surface area (Å²) in [6.45, 7) is 0.717. The summed E-state index contributed by atoms with van der Waals surface area (Å²) in [5.74, 6) is 0.873. The van der Waals surface area contributed by atoms with Crippen LogP contribution < -0.4 is 4.74 Å². The molecule has 7 nitrogen and oxygen atoms in total. The predicted octanol–water partition coefficient (Wildman–Crippen LogP) is 7.00. The number of carbonyl (C=O) groups is 2. The Morgan fingerprint density at radius 3 is 2.50 bits per heavy atom. The van der Waals surface area contributed by atoms with E-state index >= 15 is 0 Å². The van der Waals surface area contributed by atoms with E-state index < -0.39 is 4.92 Å². The Balaban J connectivity index is 1.46. The summed E-state index contributed by atoms with van der Waals surface area (Å²) >= 11 is 5.34. The Morgan fingerprint density at radius 2 is 1.82 bits per heavy atom. The van der Waals surface area contributed by atoms with E-state index in [0.29, 0.717) is 28.7 Å². The molecule has 1 saturated heterocycles. The zero-order valence-corrected chi connectivity index (χ0v) is 23.3. The molecule has 4 rings (SSSR count). The van der Waals surface area contributed by atoms with Gasteiger partial charge in [0, 0.05) is 18.7 Å². The van der Waals surface area contributed by atoms with Gasteiger partial charge in [-0.15, -0.1) is 0 Å². The lowest BCUT2D eigenvalue weighted by atomic mass is 9.89. The quantitative estimate of drug-likeness (QED) is 0.134. The monoisotopic (exact) mass is 704 g/mol. The second-order valence-electron chi connectivity index (χ2n) is 8.33. The van der Waals surface area contributed by atoms with Crippen molar-refractivity contribution in [3.63, 3.8) is 0 Å². The molecule has 0 aromatic heterocycles. The number of hydrogen-bond donors (Lipinski definition) is 0. The van der Waals surface area contributed by atoms with Gasteiger partial charge in [-0.25, -0.2) is 0 Å². The highest BCUT2D eigenvalue weighted by Gasteiger charge is 2.36. The summed E-state index contributed by atoms with van der Waals surface area (Å²) in [6, 6.07) is 10.2. The van der Waals surface area contributed by atoms with Crippen LogP contribution in [0.1, 0.15) is 43.2 Å². The van der Waals surface area contributed by atoms with Crippen LogP contribution in [0.5, 0.6) is 5.75 Å². The van der Waals surface area contributed by atoms with Gasteiger partial charge in [-0.2, -0.15) is 0 Å². The summed E-state index contributed by atoms with van der Waals surface area (Å²) < 4.78 is 7.66. The minimum absolute atomic E-state index is 0.0262. The maximum absolute atomic E-state index is 12.9. The number of amides is 2. The van der Waals surface area contributed by atoms with Crippen LogP contribution in [0.3, 0.4) is 0 Å². The maximum atomic E-state index is 12.9. The highest BCUT2D eigenvalue weighted by molar-refractivity contribution is 14.1. The van der Waals surface area contributed by atoms with Gasteiger partial charge in [0.05, 0.1) is 17.0 Å². The molecular formula is C24H22I2N2O5S. The molecule has 10 heteroatoms. The maximum Gasteiger partial charge on any atom is 0.293 e. The first kappa shape index (κ1) is 25.4. The smallest absolute Gasteiger partial charge is 0.293 e. The lowest BCUT2D eigenvalue weighted by Crippen LogP contribution is -2.34. The molecule has 1 aliphatic heterocycles. The zero-order chi connectivity index (χ0) is 24.2. The first-order valence-corrected chi connectivity index (χ1v) is 13.9. The van der Waals surface area contributed by atoms with Gasteiger partial charge in [-0.05, 0) is 105 Å². The Bertz CT molecular complexity index is 1140. The number of benzene rings is 2. The number of rotatable bonds is 7. The van der Waals surface area contributed by atoms with Crippen molar-refractivity contribution in [3.8, 4) is 5.75 Å². The standard InChI is InChI=1S/C24H22I2N2O5S/c25-19-10-17(11-20(26)22(19)33-14-16-7-4-8-18(9-16)28(31)32)12-21-23(29)27(24(30)34-21)13-15-5-2-1-3-6-15/h4,7-12,15H,1-3,5-6,13-14H2/b21-12+.